The van der Waals surface area contributed by atoms with E-state index in [0.717, 1.165) is 25.8 Å². The number of rotatable bonds is 15. The molecule has 0 aliphatic carbocycles. The lowest BCUT2D eigenvalue weighted by atomic mass is 10.0. The summed E-state index contributed by atoms with van der Waals surface area (Å²) in [5.41, 5.74) is 2.51. The van der Waals surface area contributed by atoms with Crippen molar-refractivity contribution >= 4 is 16.6 Å². The Hall–Kier alpha value is -1.28. The van der Waals surface area contributed by atoms with Crippen molar-refractivity contribution in [3.63, 3.8) is 0 Å². The molecule has 0 aromatic heterocycles. The van der Waals surface area contributed by atoms with Gasteiger partial charge in [0.15, 0.2) is 12.5 Å². The van der Waals surface area contributed by atoms with Crippen molar-refractivity contribution in [2.75, 3.05) is 19.7 Å². The average Bonchev–Trinajstić information content (AvgIpc) is 2.69. The number of nitrogens with zero attached hydrogens (tertiary/aromatic N) is 1. The Balaban J connectivity index is 1.72. The number of hydrogen-bond donors (Lipinski definition) is 1. The summed E-state index contributed by atoms with van der Waals surface area (Å²) in [5.74, 6) is 0. The zero-order chi connectivity index (χ0) is 21.0. The predicted molar refractivity (Wildman–Crippen MR) is 115 cm³/mol. The molecule has 0 bridgehead atoms. The van der Waals surface area contributed by atoms with Crippen LogP contribution in [0.25, 0.3) is 0 Å². The minimum Gasteiger partial charge on any atom is -0.351 e. The Morgan fingerprint density at radius 3 is 2.48 bits per heavy atom. The third-order valence-corrected chi connectivity index (χ3v) is 5.69. The monoisotopic (exact) mass is 426 g/mol. The lowest BCUT2D eigenvalue weighted by Gasteiger charge is -2.17. The van der Waals surface area contributed by atoms with Gasteiger partial charge in [-0.3, -0.25) is 4.55 Å². The van der Waals surface area contributed by atoms with Crippen LogP contribution < -0.4 is 0 Å². The molecule has 7 heteroatoms. The van der Waals surface area contributed by atoms with Crippen LogP contribution in [0.2, 0.25) is 0 Å². The van der Waals surface area contributed by atoms with Crippen molar-refractivity contribution in [3.8, 4) is 0 Å². The zero-order valence-corrected chi connectivity index (χ0v) is 18.4. The first-order chi connectivity index (χ1) is 14.0. The van der Waals surface area contributed by atoms with Gasteiger partial charge in [0.05, 0.1) is 6.42 Å². The summed E-state index contributed by atoms with van der Waals surface area (Å²) in [4.78, 5) is 0. The molecule has 164 valence electrons. The van der Waals surface area contributed by atoms with E-state index in [1.807, 2.05) is 12.1 Å². The van der Waals surface area contributed by atoms with E-state index in [2.05, 4.69) is 29.8 Å². The number of ether oxygens (including phenoxy) is 1. The summed E-state index contributed by atoms with van der Waals surface area (Å²) in [6.07, 6.45) is 11.9. The Kier molecular flexibility index (Phi) is 10.8. The summed E-state index contributed by atoms with van der Waals surface area (Å²) in [7, 11) is -4.54. The van der Waals surface area contributed by atoms with Crippen molar-refractivity contribution < 1.29 is 26.5 Å². The lowest BCUT2D eigenvalue weighted by Crippen LogP contribution is -2.29. The van der Waals surface area contributed by atoms with Gasteiger partial charge in [-0.1, -0.05) is 70.1 Å². The molecule has 29 heavy (non-hydrogen) atoms. The highest BCUT2D eigenvalue weighted by Gasteiger charge is 2.22. The minimum absolute atomic E-state index is 0.371. The van der Waals surface area contributed by atoms with Crippen LogP contribution in [0, 0.1) is 0 Å². The maximum absolute atomic E-state index is 11.1. The fraction of sp³-hybridized carbons (Fsp3) is 0.682. The van der Waals surface area contributed by atoms with Crippen LogP contribution in [0.4, 0.5) is 0 Å². The summed E-state index contributed by atoms with van der Waals surface area (Å²) in [6.45, 7) is 4.12. The smallest absolute Gasteiger partial charge is 0.351 e. The van der Waals surface area contributed by atoms with E-state index in [-0.39, 0.29) is 0 Å². The third-order valence-electron chi connectivity index (χ3n) is 5.23. The summed E-state index contributed by atoms with van der Waals surface area (Å²) in [6, 6.07) is 8.25. The second kappa shape index (κ2) is 13.1. The van der Waals surface area contributed by atoms with E-state index < -0.39 is 16.7 Å². The zero-order valence-electron chi connectivity index (χ0n) is 17.6. The maximum Gasteiger partial charge on any atom is 0.399 e. The Bertz CT molecular complexity index is 732. The molecule has 0 radical (unpaired) electrons. The molecule has 1 heterocycles. The molecule has 0 spiro atoms. The van der Waals surface area contributed by atoms with Gasteiger partial charge in [0.25, 0.3) is 0 Å². The number of benzene rings is 1. The number of fused-ring (bicyclic) bond motifs is 1. The second-order valence-corrected chi connectivity index (χ2v) is 8.75. The molecule has 6 nitrogen and oxygen atoms in total. The van der Waals surface area contributed by atoms with Gasteiger partial charge in [-0.2, -0.15) is 8.42 Å². The lowest BCUT2D eigenvalue weighted by molar-refractivity contribution is -0.527. The standard InChI is InChI=1S/C22H35NO5S/c1-2-3-4-5-6-7-8-11-18-27-22(28-29(24,25)26)15-17-23-16-14-20-12-9-10-13-21(20)19-23/h9-10,12-13,19,22H,2-8,11,14-18H2,1H3/p+1. The summed E-state index contributed by atoms with van der Waals surface area (Å²) < 4.78 is 43.8. The van der Waals surface area contributed by atoms with E-state index >= 15 is 0 Å². The molecule has 0 saturated carbocycles. The van der Waals surface area contributed by atoms with Crippen molar-refractivity contribution in [2.24, 2.45) is 0 Å². The van der Waals surface area contributed by atoms with Gasteiger partial charge in [0.1, 0.15) is 13.1 Å². The number of unbranched alkanes of at least 4 members (excludes halogenated alkanes) is 7. The number of hydrogen-bond acceptors (Lipinski definition) is 4. The van der Waals surface area contributed by atoms with E-state index in [9.17, 15) is 8.42 Å². The van der Waals surface area contributed by atoms with Gasteiger partial charge in [0.2, 0.25) is 0 Å². The van der Waals surface area contributed by atoms with E-state index in [1.54, 1.807) is 0 Å². The fourth-order valence-corrected chi connectivity index (χ4v) is 4.03. The fourth-order valence-electron chi connectivity index (χ4n) is 3.61. The molecule has 1 aromatic carbocycles. The minimum atomic E-state index is -4.54. The molecule has 1 aliphatic rings. The van der Waals surface area contributed by atoms with Crippen molar-refractivity contribution in [2.45, 2.75) is 77.4 Å². The van der Waals surface area contributed by atoms with Gasteiger partial charge in [-0.25, -0.2) is 8.76 Å². The molecule has 2 rings (SSSR count). The highest BCUT2D eigenvalue weighted by molar-refractivity contribution is 7.80. The van der Waals surface area contributed by atoms with Crippen molar-refractivity contribution in [1.82, 2.24) is 0 Å². The maximum atomic E-state index is 11.1. The van der Waals surface area contributed by atoms with Gasteiger partial charge in [-0.05, 0) is 18.1 Å². The van der Waals surface area contributed by atoms with Crippen LogP contribution in [0.3, 0.4) is 0 Å². The average molecular weight is 427 g/mol. The quantitative estimate of drug-likeness (QED) is 0.195. The molecule has 0 amide bonds. The van der Waals surface area contributed by atoms with Gasteiger partial charge < -0.3 is 4.74 Å². The second-order valence-electron chi connectivity index (χ2n) is 7.70. The first-order valence-electron chi connectivity index (χ1n) is 10.9. The highest BCUT2D eigenvalue weighted by Crippen LogP contribution is 2.13. The highest BCUT2D eigenvalue weighted by atomic mass is 32.3. The summed E-state index contributed by atoms with van der Waals surface area (Å²) in [5, 5.41) is 0. The van der Waals surface area contributed by atoms with Gasteiger partial charge in [0, 0.05) is 18.6 Å². The first kappa shape index (κ1) is 24.0. The predicted octanol–water partition coefficient (Wildman–Crippen LogP) is 4.37. The van der Waals surface area contributed by atoms with Crippen LogP contribution >= 0.6 is 0 Å². The molecular weight excluding hydrogens is 390 g/mol. The van der Waals surface area contributed by atoms with E-state index in [0.29, 0.717) is 19.6 Å². The molecule has 1 atom stereocenters. The largest absolute Gasteiger partial charge is 0.399 e. The molecule has 1 aromatic rings. The van der Waals surface area contributed by atoms with Gasteiger partial charge in [-0.15, -0.1) is 0 Å². The van der Waals surface area contributed by atoms with Crippen molar-refractivity contribution in [1.29, 1.82) is 0 Å². The SMILES string of the molecule is CCCCCCCCCCOC(CC[N+]1=Cc2ccccc2CC1)OS(=O)(=O)O. The van der Waals surface area contributed by atoms with Crippen LogP contribution in [0.5, 0.6) is 0 Å². The third kappa shape index (κ3) is 10.3. The first-order valence-corrected chi connectivity index (χ1v) is 12.3. The molecule has 0 saturated heterocycles. The Morgan fingerprint density at radius 2 is 1.76 bits per heavy atom. The molecule has 1 N–H and O–H groups in total. The Labute approximate surface area is 175 Å². The molecule has 1 aliphatic heterocycles. The van der Waals surface area contributed by atoms with E-state index in [4.69, 9.17) is 13.5 Å². The normalized spacial score (nSPS) is 15.0. The molecule has 0 fully saturated rings. The van der Waals surface area contributed by atoms with Crippen molar-refractivity contribution in [3.05, 3.63) is 35.4 Å². The van der Waals surface area contributed by atoms with E-state index in [1.165, 1.54) is 49.7 Å². The summed E-state index contributed by atoms with van der Waals surface area (Å²) >= 11 is 0. The topological polar surface area (TPSA) is 75.8 Å². The Morgan fingerprint density at radius 1 is 1.07 bits per heavy atom. The van der Waals surface area contributed by atoms with Crippen LogP contribution in [-0.4, -0.2) is 49.7 Å². The molecular formula is C22H36NO5S+. The van der Waals surface area contributed by atoms with Crippen LogP contribution in [0.1, 0.15) is 75.8 Å². The van der Waals surface area contributed by atoms with Crippen LogP contribution in [0.15, 0.2) is 24.3 Å². The molecule has 1 unspecified atom stereocenters. The van der Waals surface area contributed by atoms with Crippen LogP contribution in [-0.2, 0) is 25.7 Å². The van der Waals surface area contributed by atoms with Gasteiger partial charge >= 0.3 is 10.4 Å².